The van der Waals surface area contributed by atoms with Crippen molar-refractivity contribution in [3.05, 3.63) is 192 Å². The zero-order valence-electron chi connectivity index (χ0n) is 37.6. The van der Waals surface area contributed by atoms with Crippen molar-refractivity contribution in [2.75, 3.05) is 9.80 Å². The van der Waals surface area contributed by atoms with E-state index in [-0.39, 0.29) is 11.9 Å². The summed E-state index contributed by atoms with van der Waals surface area (Å²) in [6, 6.07) is 58.1. The molecule has 0 saturated heterocycles. The Hall–Kier alpha value is -8.24. The highest BCUT2D eigenvalue weighted by Crippen LogP contribution is 2.48. The van der Waals surface area contributed by atoms with Crippen molar-refractivity contribution in [3.8, 4) is 11.1 Å². The molecule has 0 aliphatic heterocycles. The van der Waals surface area contributed by atoms with Gasteiger partial charge in [-0.2, -0.15) is 0 Å². The number of fused-ring (bicyclic) bond motifs is 4. The van der Waals surface area contributed by atoms with Crippen molar-refractivity contribution >= 4 is 80.6 Å². The lowest BCUT2D eigenvalue weighted by molar-refractivity contribution is -0.153. The van der Waals surface area contributed by atoms with Crippen molar-refractivity contribution in [1.29, 1.82) is 0 Å². The highest BCUT2D eigenvalue weighted by molar-refractivity contribution is 6.00. The molecule has 10 rings (SSSR count). The molecule has 8 aromatic rings. The van der Waals surface area contributed by atoms with Gasteiger partial charge >= 0.3 is 11.9 Å². The monoisotopic (exact) mass is 900 g/mol. The Morgan fingerprint density at radius 1 is 0.426 bits per heavy atom. The third-order valence-corrected chi connectivity index (χ3v) is 13.1. The Morgan fingerprint density at radius 2 is 0.794 bits per heavy atom. The van der Waals surface area contributed by atoms with Gasteiger partial charge in [0.2, 0.25) is 0 Å². The predicted molar refractivity (Wildman–Crippen MR) is 264 cm³/mol. The van der Waals surface area contributed by atoms with E-state index in [1.165, 1.54) is 13.8 Å². The van der Waals surface area contributed by atoms with Gasteiger partial charge in [0, 0.05) is 58.5 Å². The van der Waals surface area contributed by atoms with Crippen LogP contribution in [0.4, 0.5) is 34.1 Å². The van der Waals surface area contributed by atoms with Crippen LogP contribution in [0.25, 0.3) is 32.7 Å². The molecule has 2 aliphatic carbocycles. The van der Waals surface area contributed by atoms with Gasteiger partial charge in [0.1, 0.15) is 24.4 Å². The van der Waals surface area contributed by atoms with E-state index in [0.717, 1.165) is 89.0 Å². The van der Waals surface area contributed by atoms with Gasteiger partial charge < -0.3 is 28.7 Å². The Bertz CT molecular complexity index is 3180. The minimum atomic E-state index is -0.485. The second-order valence-corrected chi connectivity index (χ2v) is 17.2. The summed E-state index contributed by atoms with van der Waals surface area (Å²) >= 11 is 0. The van der Waals surface area contributed by atoms with E-state index in [9.17, 15) is 19.2 Å². The molecule has 10 heteroatoms. The van der Waals surface area contributed by atoms with Crippen LogP contribution in [0.5, 0.6) is 0 Å². The summed E-state index contributed by atoms with van der Waals surface area (Å²) in [4.78, 5) is 52.0. The normalized spacial score (nSPS) is 17.3. The predicted octanol–water partition coefficient (Wildman–Crippen LogP) is 13.8. The summed E-state index contributed by atoms with van der Waals surface area (Å²) in [5.74, 6) is -0.728. The molecule has 8 aromatic carbocycles. The standard InChI is InChI=1S/C58H48N2O8/c1-37(63)67-57-31-32-58(68-38(2)64)52-34-46(26-28-50(52)57)60(54-16-8-12-42-10-4-6-14-48(42)54)44-23-19-40(20-24-44)39-17-21-43(22-18-39)59(53-15-7-11-41-9-3-5-13-47(41)53)45-25-27-49-51(33-45)56(66-36-62)30-29-55(49)65-35-61/h3-28,33-36,55-58H,29-32H2,1-2H3. The zero-order chi connectivity index (χ0) is 46.7. The lowest BCUT2D eigenvalue weighted by Crippen LogP contribution is -2.22. The quantitative estimate of drug-likeness (QED) is 0.0630. The molecule has 0 spiro atoms. The minimum absolute atomic E-state index is 0.359. The Morgan fingerprint density at radius 3 is 1.25 bits per heavy atom. The van der Waals surface area contributed by atoms with E-state index in [1.54, 1.807) is 0 Å². The molecular formula is C58H48N2O8. The number of rotatable bonds is 13. The number of benzene rings is 8. The lowest BCUT2D eigenvalue weighted by Gasteiger charge is -2.33. The summed E-state index contributed by atoms with van der Waals surface area (Å²) in [6.45, 7) is 3.79. The van der Waals surface area contributed by atoms with E-state index in [2.05, 4.69) is 125 Å². The van der Waals surface area contributed by atoms with E-state index in [1.807, 2.05) is 54.6 Å². The fraction of sp³-hybridized carbons (Fsp3) is 0.172. The molecule has 338 valence electrons. The van der Waals surface area contributed by atoms with E-state index >= 15 is 0 Å². The van der Waals surface area contributed by atoms with E-state index in [4.69, 9.17) is 18.9 Å². The number of ether oxygens (including phenoxy) is 4. The topological polar surface area (TPSA) is 112 Å². The molecule has 0 N–H and O–H groups in total. The highest BCUT2D eigenvalue weighted by Gasteiger charge is 2.33. The van der Waals surface area contributed by atoms with Crippen molar-refractivity contribution < 1.29 is 38.1 Å². The molecule has 4 unspecified atom stereocenters. The minimum Gasteiger partial charge on any atom is -0.460 e. The van der Waals surface area contributed by atoms with E-state index < -0.39 is 24.4 Å². The number of hydrogen-bond acceptors (Lipinski definition) is 10. The van der Waals surface area contributed by atoms with Crippen LogP contribution in [0, 0.1) is 0 Å². The third-order valence-electron chi connectivity index (χ3n) is 13.1. The van der Waals surface area contributed by atoms with Gasteiger partial charge in [0.25, 0.3) is 12.9 Å². The first kappa shape index (κ1) is 43.6. The first-order valence-corrected chi connectivity index (χ1v) is 22.8. The summed E-state index contributed by atoms with van der Waals surface area (Å²) in [6.07, 6.45) is 0.312. The van der Waals surface area contributed by atoms with Crippen LogP contribution < -0.4 is 9.80 Å². The van der Waals surface area contributed by atoms with Crippen LogP contribution in [-0.2, 0) is 38.1 Å². The molecule has 0 bridgehead atoms. The maximum atomic E-state index is 12.3. The van der Waals surface area contributed by atoms with Crippen LogP contribution >= 0.6 is 0 Å². The van der Waals surface area contributed by atoms with Crippen LogP contribution in [-0.4, -0.2) is 24.9 Å². The number of anilines is 6. The zero-order valence-corrected chi connectivity index (χ0v) is 37.6. The highest BCUT2D eigenvalue weighted by atomic mass is 16.6. The van der Waals surface area contributed by atoms with Crippen LogP contribution in [0.1, 0.15) is 86.2 Å². The molecule has 0 heterocycles. The van der Waals surface area contributed by atoms with E-state index in [0.29, 0.717) is 38.6 Å². The largest absolute Gasteiger partial charge is 0.460 e. The lowest BCUT2D eigenvalue weighted by atomic mass is 9.86. The summed E-state index contributed by atoms with van der Waals surface area (Å²) in [5, 5.41) is 4.32. The molecule has 0 amide bonds. The first-order chi connectivity index (χ1) is 33.3. The number of carbonyl (C=O) groups is 4. The van der Waals surface area contributed by atoms with Gasteiger partial charge in [-0.15, -0.1) is 0 Å². The summed E-state index contributed by atoms with van der Waals surface area (Å²) in [5.41, 5.74) is 10.8. The Kier molecular flexibility index (Phi) is 12.1. The molecular weight excluding hydrogens is 853 g/mol. The average molecular weight is 901 g/mol. The Labute approximate surface area is 394 Å². The molecule has 2 aliphatic rings. The molecule has 0 fully saturated rings. The number of nitrogens with zero attached hydrogens (tertiary/aromatic N) is 2. The van der Waals surface area contributed by atoms with Gasteiger partial charge in [-0.25, -0.2) is 0 Å². The third kappa shape index (κ3) is 8.52. The SMILES string of the molecule is CC(=O)OC1CCC(OC(C)=O)c2cc(N(c3ccc(-c4ccc(N(c5ccc6c(c5)C(OC=O)CCC6OC=O)c5cccc6ccccc56)cc4)cc3)c3cccc4ccccc34)ccc21. The van der Waals surface area contributed by atoms with Crippen molar-refractivity contribution in [2.45, 2.75) is 63.9 Å². The fourth-order valence-electron chi connectivity index (χ4n) is 10.1. The first-order valence-electron chi connectivity index (χ1n) is 22.8. The van der Waals surface area contributed by atoms with Crippen molar-refractivity contribution in [1.82, 2.24) is 0 Å². The van der Waals surface area contributed by atoms with Crippen molar-refractivity contribution in [2.24, 2.45) is 0 Å². The smallest absolute Gasteiger partial charge is 0.303 e. The second-order valence-electron chi connectivity index (χ2n) is 17.2. The number of hydrogen-bond donors (Lipinski definition) is 0. The maximum absolute atomic E-state index is 12.3. The summed E-state index contributed by atoms with van der Waals surface area (Å²) in [7, 11) is 0. The van der Waals surface area contributed by atoms with Crippen molar-refractivity contribution in [3.63, 3.8) is 0 Å². The maximum Gasteiger partial charge on any atom is 0.303 e. The summed E-state index contributed by atoms with van der Waals surface area (Å²) < 4.78 is 22.7. The van der Waals surface area contributed by atoms with Gasteiger partial charge in [-0.3, -0.25) is 19.2 Å². The second kappa shape index (κ2) is 18.9. The molecule has 68 heavy (non-hydrogen) atoms. The van der Waals surface area contributed by atoms with Gasteiger partial charge in [-0.1, -0.05) is 109 Å². The van der Waals surface area contributed by atoms with Crippen LogP contribution in [0.3, 0.4) is 0 Å². The molecule has 4 atom stereocenters. The number of esters is 2. The molecule has 10 nitrogen and oxygen atoms in total. The Balaban J connectivity index is 1.04. The average Bonchev–Trinajstić information content (AvgIpc) is 3.36. The van der Waals surface area contributed by atoms with Gasteiger partial charge in [0.15, 0.2) is 0 Å². The van der Waals surface area contributed by atoms with Gasteiger partial charge in [0.05, 0.1) is 11.4 Å². The van der Waals surface area contributed by atoms with Gasteiger partial charge in [-0.05, 0) is 119 Å². The van der Waals surface area contributed by atoms with Crippen LogP contribution in [0.2, 0.25) is 0 Å². The molecule has 0 radical (unpaired) electrons. The molecule has 0 aromatic heterocycles. The fourth-order valence-corrected chi connectivity index (χ4v) is 10.1. The van der Waals surface area contributed by atoms with Crippen LogP contribution in [0.15, 0.2) is 170 Å². The number of carbonyl (C=O) groups excluding carboxylic acids is 4. The molecule has 0 saturated carbocycles.